The minimum Gasteiger partial charge on any atom is -0.354 e. The molecule has 39 heavy (non-hydrogen) atoms. The monoisotopic (exact) mass is 577 g/mol. The standard InChI is InChI=1S/C30H26Cl3N5O/c31-24-7-2-1-6-21(24)22-16-20(19-36-12-14-37(15-13-36)28-10-3-4-11-34-28)17-27-23(22)18-35-30(39)38(27)29-25(32)8-5-9-26(29)33/h1-11,16-17H,12-15,18-19H2,(H,35,39). The summed E-state index contributed by atoms with van der Waals surface area (Å²) in [5, 5.41) is 4.46. The number of anilines is 3. The molecule has 0 spiro atoms. The lowest BCUT2D eigenvalue weighted by Gasteiger charge is -2.36. The molecule has 6 rings (SSSR count). The van der Waals surface area contributed by atoms with E-state index in [2.05, 4.69) is 38.3 Å². The molecular formula is C30H26Cl3N5O. The van der Waals surface area contributed by atoms with Crippen LogP contribution in [0.15, 0.2) is 79.0 Å². The number of halogens is 3. The van der Waals surface area contributed by atoms with E-state index in [4.69, 9.17) is 34.8 Å². The third-order valence-corrected chi connectivity index (χ3v) is 8.16. The number of hydrogen-bond acceptors (Lipinski definition) is 4. The first-order chi connectivity index (χ1) is 19.0. The number of nitrogens with zero attached hydrogens (tertiary/aromatic N) is 4. The Balaban J connectivity index is 1.39. The predicted molar refractivity (Wildman–Crippen MR) is 159 cm³/mol. The van der Waals surface area contributed by atoms with Gasteiger partial charge in [0.1, 0.15) is 5.82 Å². The van der Waals surface area contributed by atoms with E-state index in [1.54, 1.807) is 23.1 Å². The summed E-state index contributed by atoms with van der Waals surface area (Å²) >= 11 is 19.9. The van der Waals surface area contributed by atoms with E-state index in [1.165, 1.54) is 0 Å². The van der Waals surface area contributed by atoms with E-state index in [9.17, 15) is 4.79 Å². The summed E-state index contributed by atoms with van der Waals surface area (Å²) in [7, 11) is 0. The number of piperazine rings is 1. The van der Waals surface area contributed by atoms with Crippen molar-refractivity contribution in [3.05, 3.63) is 105 Å². The molecule has 4 aromatic rings. The first kappa shape index (κ1) is 26.0. The highest BCUT2D eigenvalue weighted by Gasteiger charge is 2.31. The molecule has 0 saturated carbocycles. The number of hydrogen-bond donors (Lipinski definition) is 1. The van der Waals surface area contributed by atoms with Crippen LogP contribution in [0.2, 0.25) is 15.1 Å². The Labute approximate surface area is 242 Å². The van der Waals surface area contributed by atoms with Gasteiger partial charge < -0.3 is 10.2 Å². The van der Waals surface area contributed by atoms with Gasteiger partial charge in [0, 0.05) is 61.6 Å². The van der Waals surface area contributed by atoms with Crippen molar-refractivity contribution in [3.8, 4) is 11.1 Å². The van der Waals surface area contributed by atoms with Gasteiger partial charge in [-0.25, -0.2) is 9.78 Å². The Bertz CT molecular complexity index is 1500. The molecule has 0 atom stereocenters. The highest BCUT2D eigenvalue weighted by Crippen LogP contribution is 2.44. The van der Waals surface area contributed by atoms with Crippen molar-refractivity contribution < 1.29 is 4.79 Å². The Morgan fingerprint density at radius 3 is 2.23 bits per heavy atom. The number of carbonyl (C=O) groups excluding carboxylic acids is 1. The van der Waals surface area contributed by atoms with Crippen LogP contribution in [-0.4, -0.2) is 42.1 Å². The van der Waals surface area contributed by atoms with Crippen LogP contribution in [0.3, 0.4) is 0 Å². The number of aromatic nitrogens is 1. The summed E-state index contributed by atoms with van der Waals surface area (Å²) in [6.45, 7) is 4.68. The molecule has 0 bridgehead atoms. The van der Waals surface area contributed by atoms with Gasteiger partial charge >= 0.3 is 6.03 Å². The van der Waals surface area contributed by atoms with E-state index >= 15 is 0 Å². The number of benzene rings is 3. The average molecular weight is 579 g/mol. The fourth-order valence-corrected chi connectivity index (χ4v) is 6.13. The Morgan fingerprint density at radius 2 is 1.51 bits per heavy atom. The first-order valence-electron chi connectivity index (χ1n) is 12.8. The number of amides is 2. The molecule has 0 aliphatic carbocycles. The molecule has 1 aromatic heterocycles. The van der Waals surface area contributed by atoms with Gasteiger partial charge in [-0.05, 0) is 53.6 Å². The van der Waals surface area contributed by atoms with E-state index in [0.717, 1.165) is 66.5 Å². The lowest BCUT2D eigenvalue weighted by atomic mass is 9.93. The quantitative estimate of drug-likeness (QED) is 0.268. The van der Waals surface area contributed by atoms with E-state index in [1.807, 2.05) is 42.6 Å². The minimum atomic E-state index is -0.274. The van der Waals surface area contributed by atoms with Crippen molar-refractivity contribution in [3.63, 3.8) is 0 Å². The largest absolute Gasteiger partial charge is 0.354 e. The fourth-order valence-electron chi connectivity index (χ4n) is 5.32. The van der Waals surface area contributed by atoms with Crippen molar-refractivity contribution in [1.82, 2.24) is 15.2 Å². The number of para-hydroxylation sites is 1. The maximum atomic E-state index is 13.3. The number of fused-ring (bicyclic) bond motifs is 1. The first-order valence-corrected chi connectivity index (χ1v) is 13.9. The van der Waals surface area contributed by atoms with Crippen LogP contribution in [0, 0.1) is 0 Å². The highest BCUT2D eigenvalue weighted by molar-refractivity contribution is 6.40. The maximum absolute atomic E-state index is 13.3. The van der Waals surface area contributed by atoms with Crippen molar-refractivity contribution >= 4 is 58.0 Å². The van der Waals surface area contributed by atoms with E-state index in [0.29, 0.717) is 27.3 Å². The summed E-state index contributed by atoms with van der Waals surface area (Å²) < 4.78 is 0. The predicted octanol–water partition coefficient (Wildman–Crippen LogP) is 7.39. The Kier molecular flexibility index (Phi) is 7.36. The van der Waals surface area contributed by atoms with Crippen LogP contribution in [0.1, 0.15) is 11.1 Å². The summed E-state index contributed by atoms with van der Waals surface area (Å²) in [6, 6.07) is 23.0. The third kappa shape index (κ3) is 5.18. The molecule has 0 unspecified atom stereocenters. The molecule has 198 valence electrons. The van der Waals surface area contributed by atoms with Crippen LogP contribution >= 0.6 is 34.8 Å². The minimum absolute atomic E-state index is 0.274. The second kappa shape index (κ2) is 11.1. The smallest absolute Gasteiger partial charge is 0.326 e. The Morgan fingerprint density at radius 1 is 0.795 bits per heavy atom. The van der Waals surface area contributed by atoms with Gasteiger partial charge in [0.2, 0.25) is 0 Å². The van der Waals surface area contributed by atoms with Crippen molar-refractivity contribution in [2.45, 2.75) is 13.1 Å². The summed E-state index contributed by atoms with van der Waals surface area (Å²) in [5.41, 5.74) is 5.16. The fraction of sp³-hybridized carbons (Fsp3) is 0.200. The molecule has 3 aromatic carbocycles. The van der Waals surface area contributed by atoms with Crippen LogP contribution in [0.25, 0.3) is 11.1 Å². The molecule has 1 fully saturated rings. The normalized spacial score (nSPS) is 15.7. The van der Waals surface area contributed by atoms with E-state index < -0.39 is 0 Å². The van der Waals surface area contributed by atoms with Crippen LogP contribution in [-0.2, 0) is 13.1 Å². The van der Waals surface area contributed by atoms with Crippen LogP contribution in [0.5, 0.6) is 0 Å². The van der Waals surface area contributed by atoms with Gasteiger partial charge in [0.05, 0.1) is 21.4 Å². The topological polar surface area (TPSA) is 51.7 Å². The number of pyridine rings is 1. The zero-order valence-electron chi connectivity index (χ0n) is 21.1. The summed E-state index contributed by atoms with van der Waals surface area (Å²) in [5.74, 6) is 1.00. The van der Waals surface area contributed by atoms with Crippen LogP contribution in [0.4, 0.5) is 22.0 Å². The lowest BCUT2D eigenvalue weighted by Crippen LogP contribution is -2.46. The van der Waals surface area contributed by atoms with E-state index in [-0.39, 0.29) is 6.03 Å². The second-order valence-electron chi connectivity index (χ2n) is 9.64. The number of nitrogens with one attached hydrogen (secondary N) is 1. The molecule has 2 amide bonds. The van der Waals surface area contributed by atoms with Gasteiger partial charge in [-0.1, -0.05) is 65.1 Å². The van der Waals surface area contributed by atoms with Gasteiger partial charge in [0.15, 0.2) is 0 Å². The molecule has 9 heteroatoms. The SMILES string of the molecule is O=C1NCc2c(-c3ccccc3Cl)cc(CN3CCN(c4ccccn4)CC3)cc2N1c1c(Cl)cccc1Cl. The zero-order chi connectivity index (χ0) is 26.9. The molecule has 1 N–H and O–H groups in total. The van der Waals surface area contributed by atoms with Crippen molar-refractivity contribution in [2.24, 2.45) is 0 Å². The maximum Gasteiger partial charge on any atom is 0.326 e. The zero-order valence-corrected chi connectivity index (χ0v) is 23.3. The van der Waals surface area contributed by atoms with Gasteiger partial charge in [-0.2, -0.15) is 0 Å². The summed E-state index contributed by atoms with van der Waals surface area (Å²) in [4.78, 5) is 24.1. The number of carbonyl (C=O) groups is 1. The third-order valence-electron chi connectivity index (χ3n) is 7.22. The molecule has 2 aliphatic rings. The lowest BCUT2D eigenvalue weighted by molar-refractivity contribution is 0.246. The van der Waals surface area contributed by atoms with Gasteiger partial charge in [0.25, 0.3) is 0 Å². The summed E-state index contributed by atoms with van der Waals surface area (Å²) in [6.07, 6.45) is 1.83. The molecule has 6 nitrogen and oxygen atoms in total. The van der Waals surface area contributed by atoms with Gasteiger partial charge in [-0.3, -0.25) is 9.80 Å². The highest BCUT2D eigenvalue weighted by atomic mass is 35.5. The Hall–Kier alpha value is -3.29. The average Bonchev–Trinajstić information content (AvgIpc) is 2.95. The van der Waals surface area contributed by atoms with Crippen molar-refractivity contribution in [1.29, 1.82) is 0 Å². The molecule has 3 heterocycles. The van der Waals surface area contributed by atoms with Gasteiger partial charge in [-0.15, -0.1) is 0 Å². The number of urea groups is 1. The van der Waals surface area contributed by atoms with Crippen LogP contribution < -0.4 is 15.1 Å². The van der Waals surface area contributed by atoms with Crippen molar-refractivity contribution in [2.75, 3.05) is 36.0 Å². The number of rotatable bonds is 5. The molecule has 2 aliphatic heterocycles. The second-order valence-corrected chi connectivity index (χ2v) is 10.9. The molecule has 0 radical (unpaired) electrons. The molecule has 1 saturated heterocycles. The molecular weight excluding hydrogens is 553 g/mol.